The first-order valence-electron chi connectivity index (χ1n) is 10.0. The first-order chi connectivity index (χ1) is 11.6. The molecule has 25 heavy (non-hydrogen) atoms. The van der Waals surface area contributed by atoms with Gasteiger partial charge in [0.05, 0.1) is 0 Å². The van der Waals surface area contributed by atoms with E-state index in [-0.39, 0.29) is 49.7 Å². The quantitative estimate of drug-likeness (QED) is 0.152. The molecule has 0 saturated carbocycles. The molecule has 0 saturated heterocycles. The van der Waals surface area contributed by atoms with Crippen molar-refractivity contribution in [3.05, 3.63) is 6.42 Å². The molecule has 0 bridgehead atoms. The average molecular weight is 582 g/mol. The first-order valence-corrected chi connectivity index (χ1v) is 10.0. The van der Waals surface area contributed by atoms with Crippen molar-refractivity contribution >= 4 is 6.21 Å². The molecule has 2 N–H and O–H groups in total. The predicted octanol–water partition coefficient (Wildman–Crippen LogP) is 6.31. The Kier molecular flexibility index (Phi) is 43.0. The molecule has 0 spiro atoms. The molecule has 0 fully saturated rings. The number of unbranched alkanes of at least 4 members (excludes halogenated alkanes) is 6. The summed E-state index contributed by atoms with van der Waals surface area (Å²) in [6.45, 7) is 10.9. The minimum absolute atomic E-state index is 0. The van der Waals surface area contributed by atoms with Crippen LogP contribution in [0.2, 0.25) is 0 Å². The zero-order chi connectivity index (χ0) is 19.1. The number of hydrogen-bond donors (Lipinski definition) is 2. The number of ether oxygens (including phenoxy) is 1. The summed E-state index contributed by atoms with van der Waals surface area (Å²) in [5.41, 5.74) is 0. The van der Waals surface area contributed by atoms with Gasteiger partial charge >= 0.3 is 31.1 Å². The van der Waals surface area contributed by atoms with Gasteiger partial charge in [0.25, 0.3) is 0 Å². The maximum absolute atomic E-state index is 8.01. The van der Waals surface area contributed by atoms with Crippen LogP contribution in [0.15, 0.2) is 0 Å². The Hall–Kier alpha value is 0.642. The van der Waals surface area contributed by atoms with E-state index in [0.717, 1.165) is 25.7 Å². The fraction of sp³-hybridized carbons (Fsp3) is 0.905. The van der Waals surface area contributed by atoms with Crippen molar-refractivity contribution in [2.45, 2.75) is 105 Å². The molecule has 4 heteroatoms. The van der Waals surface area contributed by atoms with E-state index >= 15 is 0 Å². The van der Waals surface area contributed by atoms with E-state index in [2.05, 4.69) is 33.9 Å². The van der Waals surface area contributed by atoms with Crippen molar-refractivity contribution in [2.24, 2.45) is 5.92 Å². The number of methoxy groups -OCH3 is 1. The Morgan fingerprint density at radius 2 is 1.48 bits per heavy atom. The monoisotopic (exact) mass is 581 g/mol. The van der Waals surface area contributed by atoms with Gasteiger partial charge in [-0.05, 0) is 6.42 Å². The maximum Gasteiger partial charge on any atom is 2.00 e. The Labute approximate surface area is 183 Å². The molecular formula is C21H45NO2U. The van der Waals surface area contributed by atoms with Crippen molar-refractivity contribution in [3.63, 3.8) is 0 Å². The van der Waals surface area contributed by atoms with Crippen LogP contribution in [0.25, 0.3) is 0 Å². The van der Waals surface area contributed by atoms with E-state index in [1.54, 1.807) is 13.5 Å². The molecule has 150 valence electrons. The van der Waals surface area contributed by atoms with E-state index in [1.165, 1.54) is 38.5 Å². The zero-order valence-electron chi connectivity index (χ0n) is 17.9. The van der Waals surface area contributed by atoms with Crippen molar-refractivity contribution in [1.29, 1.82) is 5.41 Å². The summed E-state index contributed by atoms with van der Waals surface area (Å²) in [5.74, 6) is 0.181. The van der Waals surface area contributed by atoms with Gasteiger partial charge in [-0.2, -0.15) is 6.42 Å². The van der Waals surface area contributed by atoms with E-state index in [9.17, 15) is 0 Å². The summed E-state index contributed by atoms with van der Waals surface area (Å²) in [5, 5.41) is 15.1. The summed E-state index contributed by atoms with van der Waals surface area (Å²) in [6, 6.07) is 0. The van der Waals surface area contributed by atoms with Crippen LogP contribution in [-0.4, -0.2) is 31.1 Å². The molecule has 0 aromatic carbocycles. The molecule has 2 unspecified atom stereocenters. The SMILES string of the molecule is CCCC(OC)C([C-]=N)CC.CCCCCCCC.CC[CH-]CO.[U+2]. The van der Waals surface area contributed by atoms with Crippen molar-refractivity contribution in [3.8, 4) is 0 Å². The summed E-state index contributed by atoms with van der Waals surface area (Å²) >= 11 is 0. The molecule has 0 radical (unpaired) electrons. The Morgan fingerprint density at radius 1 is 0.960 bits per heavy atom. The smallest absolute Gasteiger partial charge is 0.518 e. The molecule has 0 aromatic rings. The van der Waals surface area contributed by atoms with Crippen molar-refractivity contribution < 1.29 is 41.0 Å². The van der Waals surface area contributed by atoms with E-state index in [4.69, 9.17) is 15.3 Å². The number of hydrogen-bond acceptors (Lipinski definition) is 3. The van der Waals surface area contributed by atoms with E-state index in [1.807, 2.05) is 6.92 Å². The predicted molar refractivity (Wildman–Crippen MR) is 108 cm³/mol. The maximum atomic E-state index is 8.01. The van der Waals surface area contributed by atoms with Crippen LogP contribution in [0.4, 0.5) is 0 Å². The molecule has 0 aromatic heterocycles. The number of aliphatic hydroxyl groups is 1. The number of aliphatic hydroxyl groups excluding tert-OH is 1. The molecule has 0 rings (SSSR count). The fourth-order valence-electron chi connectivity index (χ4n) is 2.21. The molecule has 0 aliphatic heterocycles. The van der Waals surface area contributed by atoms with Gasteiger partial charge in [0.15, 0.2) is 0 Å². The molecule has 0 aliphatic carbocycles. The number of nitrogens with one attached hydrogen (secondary N) is 1. The van der Waals surface area contributed by atoms with Crippen LogP contribution in [0, 0.1) is 48.9 Å². The van der Waals surface area contributed by atoms with Crippen LogP contribution in [-0.2, 0) is 4.74 Å². The van der Waals surface area contributed by atoms with Gasteiger partial charge in [-0.3, -0.25) is 0 Å². The van der Waals surface area contributed by atoms with Gasteiger partial charge in [0.1, 0.15) is 0 Å². The van der Waals surface area contributed by atoms with Crippen LogP contribution in [0.3, 0.4) is 0 Å². The largest absolute Gasteiger partial charge is 2.00 e. The van der Waals surface area contributed by atoms with Gasteiger partial charge in [0.2, 0.25) is 0 Å². The fourth-order valence-corrected chi connectivity index (χ4v) is 2.21. The first kappa shape index (κ1) is 33.2. The van der Waals surface area contributed by atoms with Gasteiger partial charge in [-0.1, -0.05) is 92.6 Å². The minimum Gasteiger partial charge on any atom is -0.518 e. The third-order valence-electron chi connectivity index (χ3n) is 3.82. The van der Waals surface area contributed by atoms with Crippen molar-refractivity contribution in [2.75, 3.05) is 13.7 Å². The standard InChI is InChI=1S/C9H18NO.C8H18.C4H9O.U/c1-4-6-9(11-3)8(5-2)7-10;1-3-5-7-8-6-4-2;1-2-3-4-5;/h8-10H,4-6H2,1-3H3;3-8H2,1-2H3;3,5H,2,4H2,1H3;/q-1;;-1;+2. The minimum atomic E-state index is 0. The Bertz CT molecular complexity index is 208. The zero-order valence-corrected chi connectivity index (χ0v) is 22.0. The second-order valence-electron chi connectivity index (χ2n) is 6.02. The second-order valence-corrected chi connectivity index (χ2v) is 6.02. The van der Waals surface area contributed by atoms with Gasteiger partial charge < -0.3 is 27.9 Å². The van der Waals surface area contributed by atoms with Crippen LogP contribution in [0.1, 0.15) is 98.8 Å². The topological polar surface area (TPSA) is 53.3 Å². The van der Waals surface area contributed by atoms with Gasteiger partial charge in [0, 0.05) is 13.2 Å². The second kappa shape index (κ2) is 32.3. The Morgan fingerprint density at radius 3 is 1.68 bits per heavy atom. The third kappa shape index (κ3) is 29.6. The molecule has 0 amide bonds. The van der Waals surface area contributed by atoms with Gasteiger partial charge in [-0.25, -0.2) is 0 Å². The molecule has 3 nitrogen and oxygen atoms in total. The van der Waals surface area contributed by atoms with Crippen LogP contribution < -0.4 is 0 Å². The van der Waals surface area contributed by atoms with Crippen LogP contribution in [0.5, 0.6) is 0 Å². The molecular weight excluding hydrogens is 536 g/mol. The average Bonchev–Trinajstić information content (AvgIpc) is 2.61. The van der Waals surface area contributed by atoms with E-state index < -0.39 is 0 Å². The summed E-state index contributed by atoms with van der Waals surface area (Å²) in [4.78, 5) is 0. The van der Waals surface area contributed by atoms with Crippen LogP contribution >= 0.6 is 0 Å². The van der Waals surface area contributed by atoms with E-state index in [0.29, 0.717) is 0 Å². The molecule has 0 heterocycles. The summed E-state index contributed by atoms with van der Waals surface area (Å²) < 4.78 is 5.25. The van der Waals surface area contributed by atoms with Crippen molar-refractivity contribution in [1.82, 2.24) is 0 Å². The molecule has 0 aliphatic rings. The summed E-state index contributed by atoms with van der Waals surface area (Å²) in [7, 11) is 1.71. The summed E-state index contributed by atoms with van der Waals surface area (Å²) in [6.07, 6.45) is 17.1. The normalized spacial score (nSPS) is 11.8. The van der Waals surface area contributed by atoms with Gasteiger partial charge in [-0.15, -0.1) is 5.92 Å². The molecule has 2 atom stereocenters. The Balaban J connectivity index is -0.000000139. The third-order valence-corrected chi connectivity index (χ3v) is 3.82. The number of rotatable bonds is 13.